The zero-order valence-electron chi connectivity index (χ0n) is 22.1. The molecule has 3 aliphatic heterocycles. The number of unbranched alkanes of at least 4 members (excludes halogenated alkanes) is 5. The number of hydrogen-bond donors (Lipinski definition) is 1. The van der Waals surface area contributed by atoms with Gasteiger partial charge in [-0.25, -0.2) is 0 Å². The summed E-state index contributed by atoms with van der Waals surface area (Å²) in [6.45, 7) is 11.3. The highest BCUT2D eigenvalue weighted by Crippen LogP contribution is 2.60. The maximum absolute atomic E-state index is 14.1. The van der Waals surface area contributed by atoms with E-state index in [1.807, 2.05) is 6.08 Å². The number of ether oxygens (including phenoxy) is 2. The van der Waals surface area contributed by atoms with Crippen molar-refractivity contribution in [3.8, 4) is 0 Å². The molecule has 3 heterocycles. The number of esters is 1. The Balaban J connectivity index is 1.89. The van der Waals surface area contributed by atoms with Crippen molar-refractivity contribution in [1.29, 1.82) is 0 Å². The van der Waals surface area contributed by atoms with E-state index >= 15 is 0 Å². The molecule has 3 fully saturated rings. The smallest absolute Gasteiger partial charge is 0.312 e. The van der Waals surface area contributed by atoms with Gasteiger partial charge in [0.2, 0.25) is 11.8 Å². The van der Waals surface area contributed by atoms with Crippen LogP contribution in [0.4, 0.5) is 0 Å². The summed E-state index contributed by atoms with van der Waals surface area (Å²) >= 11 is 3.69. The molecule has 0 aromatic carbocycles. The molecule has 8 nitrogen and oxygen atoms in total. The van der Waals surface area contributed by atoms with E-state index in [-0.39, 0.29) is 29.9 Å². The van der Waals surface area contributed by atoms with Gasteiger partial charge in [-0.15, -0.1) is 13.2 Å². The van der Waals surface area contributed by atoms with E-state index in [0.29, 0.717) is 38.9 Å². The summed E-state index contributed by atoms with van der Waals surface area (Å²) < 4.78 is 12.2. The third kappa shape index (κ3) is 6.14. The number of halogens is 1. The van der Waals surface area contributed by atoms with Crippen LogP contribution in [-0.2, 0) is 23.9 Å². The summed E-state index contributed by atoms with van der Waals surface area (Å²) in [5.74, 6) is -2.26. The standard InChI is InChI=1S/C28H43BrN2O6/c1-4-7-9-13-18-36-27(35)21-22-25(33)31(16-11-10-12-17-32)24(28(22)19-20(29)23(21)37-28)26(34)30(14-6-3)15-8-5-2/h4,6,20-24,32H,1,3,5,7-19H2,2H3/t20?,21-,22-,23-,24?,28?/m0/s1. The molecule has 0 aliphatic carbocycles. The maximum atomic E-state index is 14.1. The van der Waals surface area contributed by atoms with Crippen LogP contribution in [0.3, 0.4) is 0 Å². The molecule has 2 amide bonds. The van der Waals surface area contributed by atoms with Gasteiger partial charge in [-0.05, 0) is 51.4 Å². The van der Waals surface area contributed by atoms with Crippen molar-refractivity contribution in [2.75, 3.05) is 32.8 Å². The van der Waals surface area contributed by atoms with E-state index in [4.69, 9.17) is 9.47 Å². The molecule has 208 valence electrons. The Morgan fingerprint density at radius 2 is 2.00 bits per heavy atom. The zero-order valence-corrected chi connectivity index (χ0v) is 23.7. The van der Waals surface area contributed by atoms with E-state index in [1.165, 1.54) is 0 Å². The fraction of sp³-hybridized carbons (Fsp3) is 0.750. The first-order chi connectivity index (χ1) is 17.9. The van der Waals surface area contributed by atoms with Crippen molar-refractivity contribution in [2.24, 2.45) is 11.8 Å². The molecule has 3 unspecified atom stereocenters. The van der Waals surface area contributed by atoms with Crippen LogP contribution in [0.15, 0.2) is 25.3 Å². The van der Waals surface area contributed by atoms with Crippen molar-refractivity contribution in [3.63, 3.8) is 0 Å². The molecule has 9 heteroatoms. The summed E-state index contributed by atoms with van der Waals surface area (Å²) in [6, 6.07) is -0.800. The quantitative estimate of drug-likeness (QED) is 0.122. The Kier molecular flexibility index (Phi) is 11.2. The lowest BCUT2D eigenvalue weighted by molar-refractivity contribution is -0.155. The minimum Gasteiger partial charge on any atom is -0.465 e. The van der Waals surface area contributed by atoms with E-state index in [0.717, 1.165) is 38.5 Å². The van der Waals surface area contributed by atoms with E-state index in [2.05, 4.69) is 36.0 Å². The number of aliphatic hydroxyl groups is 1. The second-order valence-electron chi connectivity index (χ2n) is 10.4. The normalized spacial score (nSPS) is 29.9. The van der Waals surface area contributed by atoms with Crippen LogP contribution in [0.1, 0.15) is 64.7 Å². The van der Waals surface area contributed by atoms with Gasteiger partial charge in [0.1, 0.15) is 11.6 Å². The molecular formula is C28H43BrN2O6. The molecule has 0 aromatic heterocycles. The lowest BCUT2D eigenvalue weighted by atomic mass is 9.70. The largest absolute Gasteiger partial charge is 0.465 e. The van der Waals surface area contributed by atoms with Gasteiger partial charge in [-0.1, -0.05) is 41.4 Å². The first kappa shape index (κ1) is 29.8. The average molecular weight is 584 g/mol. The van der Waals surface area contributed by atoms with Crippen LogP contribution in [-0.4, -0.2) is 88.1 Å². The number of allylic oxidation sites excluding steroid dienone is 1. The highest BCUT2D eigenvalue weighted by Gasteiger charge is 2.77. The number of amides is 2. The Morgan fingerprint density at radius 3 is 2.68 bits per heavy atom. The van der Waals surface area contributed by atoms with Gasteiger partial charge in [0, 0.05) is 31.1 Å². The molecule has 2 bridgehead atoms. The van der Waals surface area contributed by atoms with Gasteiger partial charge < -0.3 is 24.4 Å². The zero-order chi connectivity index (χ0) is 27.0. The first-order valence-electron chi connectivity index (χ1n) is 13.8. The SMILES string of the molecule is C=CCCCCOC(=O)[C@H]1[C@H]2C(=O)N(CCCCCO)C(C(=O)N(CC=C)CCCC)C23CC(Br)[C@@H]1O3. The Morgan fingerprint density at radius 1 is 1.22 bits per heavy atom. The Labute approximate surface area is 229 Å². The van der Waals surface area contributed by atoms with Gasteiger partial charge in [-0.2, -0.15) is 0 Å². The summed E-state index contributed by atoms with van der Waals surface area (Å²) in [4.78, 5) is 44.6. The van der Waals surface area contributed by atoms with E-state index in [1.54, 1.807) is 15.9 Å². The van der Waals surface area contributed by atoms with Crippen LogP contribution < -0.4 is 0 Å². The highest BCUT2D eigenvalue weighted by atomic mass is 79.9. The van der Waals surface area contributed by atoms with Crippen LogP contribution in [0.2, 0.25) is 0 Å². The lowest BCUT2D eigenvalue weighted by Crippen LogP contribution is -2.57. The number of rotatable bonds is 17. The van der Waals surface area contributed by atoms with Crippen molar-refractivity contribution in [3.05, 3.63) is 25.3 Å². The number of likely N-dealkylation sites (tertiary alicyclic amines) is 1. The van der Waals surface area contributed by atoms with E-state index in [9.17, 15) is 19.5 Å². The first-order valence-corrected chi connectivity index (χ1v) is 14.7. The summed E-state index contributed by atoms with van der Waals surface area (Å²) in [5, 5.41) is 9.19. The van der Waals surface area contributed by atoms with Gasteiger partial charge in [0.05, 0.1) is 24.5 Å². The fourth-order valence-electron chi connectivity index (χ4n) is 6.12. The number of aliphatic hydroxyl groups excluding tert-OH is 1. The van der Waals surface area contributed by atoms with Crippen molar-refractivity contribution in [1.82, 2.24) is 9.80 Å². The van der Waals surface area contributed by atoms with Crippen LogP contribution >= 0.6 is 15.9 Å². The molecule has 1 spiro atoms. The number of carbonyl (C=O) groups is 3. The van der Waals surface area contributed by atoms with E-state index < -0.39 is 35.6 Å². The van der Waals surface area contributed by atoms with Crippen molar-refractivity contribution >= 4 is 33.7 Å². The molecule has 1 N–H and O–H groups in total. The number of fused-ring (bicyclic) bond motifs is 1. The molecule has 0 saturated carbocycles. The van der Waals surface area contributed by atoms with Crippen LogP contribution in [0.5, 0.6) is 0 Å². The van der Waals surface area contributed by atoms with Gasteiger partial charge >= 0.3 is 5.97 Å². The predicted octanol–water partition coefficient (Wildman–Crippen LogP) is 3.61. The molecule has 3 saturated heterocycles. The Bertz CT molecular complexity index is 837. The topological polar surface area (TPSA) is 96.4 Å². The third-order valence-corrected chi connectivity index (χ3v) is 8.69. The second-order valence-corrected chi connectivity index (χ2v) is 11.5. The maximum Gasteiger partial charge on any atom is 0.312 e. The average Bonchev–Trinajstić information content (AvgIpc) is 3.47. The summed E-state index contributed by atoms with van der Waals surface area (Å²) in [6.07, 6.45) is 9.80. The lowest BCUT2D eigenvalue weighted by Gasteiger charge is -2.37. The van der Waals surface area contributed by atoms with Gasteiger partial charge in [0.25, 0.3) is 0 Å². The van der Waals surface area contributed by atoms with Gasteiger partial charge in [0.15, 0.2) is 0 Å². The number of hydrogen-bond acceptors (Lipinski definition) is 6. The van der Waals surface area contributed by atoms with Crippen LogP contribution in [0.25, 0.3) is 0 Å². The molecule has 0 radical (unpaired) electrons. The Hall–Kier alpha value is -1.71. The fourth-order valence-corrected chi connectivity index (χ4v) is 7.06. The predicted molar refractivity (Wildman–Crippen MR) is 145 cm³/mol. The minimum absolute atomic E-state index is 0.0871. The highest BCUT2D eigenvalue weighted by molar-refractivity contribution is 9.09. The number of nitrogens with zero attached hydrogens (tertiary/aromatic N) is 2. The molecule has 3 rings (SSSR count). The summed E-state index contributed by atoms with van der Waals surface area (Å²) in [5.41, 5.74) is -1.07. The molecule has 0 aromatic rings. The van der Waals surface area contributed by atoms with Crippen molar-refractivity contribution in [2.45, 2.75) is 87.3 Å². The second kappa shape index (κ2) is 13.9. The monoisotopic (exact) mass is 582 g/mol. The molecule has 3 aliphatic rings. The molecular weight excluding hydrogens is 540 g/mol. The van der Waals surface area contributed by atoms with Crippen LogP contribution in [0, 0.1) is 11.8 Å². The molecule has 6 atom stereocenters. The van der Waals surface area contributed by atoms with Gasteiger partial charge in [-0.3, -0.25) is 14.4 Å². The van der Waals surface area contributed by atoms with Crippen molar-refractivity contribution < 1.29 is 29.0 Å². The number of alkyl halides is 1. The third-order valence-electron chi connectivity index (χ3n) is 7.84. The number of carbonyl (C=O) groups excluding carboxylic acids is 3. The molecule has 37 heavy (non-hydrogen) atoms. The minimum atomic E-state index is -1.07. The summed E-state index contributed by atoms with van der Waals surface area (Å²) in [7, 11) is 0.